The molecule has 7 heteroatoms. The van der Waals surface area contributed by atoms with Crippen molar-refractivity contribution in [3.8, 4) is 5.69 Å². The van der Waals surface area contributed by atoms with E-state index in [0.29, 0.717) is 11.3 Å². The molecule has 4 rings (SSSR count). The maximum absolute atomic E-state index is 14.4. The quantitative estimate of drug-likeness (QED) is 0.587. The van der Waals surface area contributed by atoms with Crippen molar-refractivity contribution in [3.05, 3.63) is 71.3 Å². The number of furan rings is 1. The molecule has 0 saturated heterocycles. The van der Waals surface area contributed by atoms with Gasteiger partial charge in [0.25, 0.3) is 5.91 Å². The van der Waals surface area contributed by atoms with Gasteiger partial charge >= 0.3 is 0 Å². The van der Waals surface area contributed by atoms with Crippen molar-refractivity contribution in [2.24, 2.45) is 0 Å². The highest BCUT2D eigenvalue weighted by Gasteiger charge is 2.20. The summed E-state index contributed by atoms with van der Waals surface area (Å²) in [6.45, 7) is 5.76. The second-order valence-electron chi connectivity index (χ2n) is 6.42. The Hall–Kier alpha value is -3.48. The van der Waals surface area contributed by atoms with E-state index in [2.05, 4.69) is 15.4 Å². The lowest BCUT2D eigenvalue weighted by Gasteiger charge is -2.07. The number of hydrogen-bond donors (Lipinski definition) is 1. The minimum Gasteiger partial charge on any atom is -0.450 e. The molecule has 1 amide bonds. The molecule has 0 bridgehead atoms. The van der Waals surface area contributed by atoms with Crippen LogP contribution in [0.3, 0.4) is 0 Å². The van der Waals surface area contributed by atoms with Gasteiger partial charge in [-0.3, -0.25) is 4.79 Å². The summed E-state index contributed by atoms with van der Waals surface area (Å²) in [5.41, 5.74) is 4.04. The highest BCUT2D eigenvalue weighted by Crippen LogP contribution is 2.31. The van der Waals surface area contributed by atoms with Gasteiger partial charge in [0.1, 0.15) is 23.9 Å². The van der Waals surface area contributed by atoms with Crippen molar-refractivity contribution in [2.75, 3.05) is 5.32 Å². The first-order valence-electron chi connectivity index (χ1n) is 8.41. The number of anilines is 1. The molecule has 2 heterocycles. The molecule has 0 unspecified atom stereocenters. The van der Waals surface area contributed by atoms with Gasteiger partial charge in [0, 0.05) is 16.6 Å². The highest BCUT2D eigenvalue weighted by molar-refractivity contribution is 6.07. The van der Waals surface area contributed by atoms with Crippen LogP contribution in [0.15, 0.2) is 47.4 Å². The van der Waals surface area contributed by atoms with Crippen LogP contribution in [0.4, 0.5) is 10.1 Å². The first-order valence-corrected chi connectivity index (χ1v) is 8.41. The average Bonchev–Trinajstić information content (AvgIpc) is 3.27. The predicted octanol–water partition coefficient (Wildman–Crippen LogP) is 4.33. The largest absolute Gasteiger partial charge is 0.450 e. The fourth-order valence-electron chi connectivity index (χ4n) is 3.18. The number of hydrogen-bond acceptors (Lipinski definition) is 4. The zero-order chi connectivity index (χ0) is 19.1. The third-order valence-electron chi connectivity index (χ3n) is 4.56. The van der Waals surface area contributed by atoms with Gasteiger partial charge in [0.05, 0.1) is 0 Å². The molecule has 2 aromatic carbocycles. The van der Waals surface area contributed by atoms with E-state index < -0.39 is 11.7 Å². The molecule has 0 saturated carbocycles. The number of benzene rings is 2. The molecule has 6 nitrogen and oxygen atoms in total. The van der Waals surface area contributed by atoms with Crippen LogP contribution in [0.1, 0.15) is 27.2 Å². The molecule has 4 aromatic rings. The first-order chi connectivity index (χ1) is 13.0. The zero-order valence-corrected chi connectivity index (χ0v) is 15.1. The molecular formula is C20H17FN4O2. The Balaban J connectivity index is 1.66. The fourth-order valence-corrected chi connectivity index (χ4v) is 3.18. The SMILES string of the molecule is Cc1ccc(C)c2c(C)c(C(=O)Nc3ccc(-n4cncn4)c(F)c3)oc12. The van der Waals surface area contributed by atoms with Crippen molar-refractivity contribution in [1.29, 1.82) is 0 Å². The number of fused-ring (bicyclic) bond motifs is 1. The number of rotatable bonds is 3. The summed E-state index contributed by atoms with van der Waals surface area (Å²) in [6.07, 6.45) is 2.72. The highest BCUT2D eigenvalue weighted by atomic mass is 19.1. The maximum atomic E-state index is 14.4. The van der Waals surface area contributed by atoms with Crippen molar-refractivity contribution < 1.29 is 13.6 Å². The number of carbonyl (C=O) groups excluding carboxylic acids is 1. The van der Waals surface area contributed by atoms with Crippen LogP contribution in [-0.4, -0.2) is 20.7 Å². The Morgan fingerprint density at radius 2 is 1.93 bits per heavy atom. The number of nitrogens with zero attached hydrogens (tertiary/aromatic N) is 3. The van der Waals surface area contributed by atoms with E-state index in [-0.39, 0.29) is 11.4 Å². The maximum Gasteiger partial charge on any atom is 0.291 e. The molecule has 0 radical (unpaired) electrons. The standard InChI is InChI=1S/C20H17FN4O2/c1-11-4-5-12(2)18-17(11)13(3)19(27-18)20(26)24-14-6-7-16(15(21)8-14)25-10-22-9-23-25/h4-10H,1-3H3,(H,24,26). The molecule has 0 fully saturated rings. The van der Waals surface area contributed by atoms with E-state index in [9.17, 15) is 9.18 Å². The molecule has 0 spiro atoms. The molecule has 0 aliphatic heterocycles. The number of halogens is 1. The molecule has 1 N–H and O–H groups in total. The first kappa shape index (κ1) is 17.0. The predicted molar refractivity (Wildman–Crippen MR) is 99.7 cm³/mol. The topological polar surface area (TPSA) is 73.0 Å². The van der Waals surface area contributed by atoms with Gasteiger partial charge in [-0.25, -0.2) is 14.1 Å². The monoisotopic (exact) mass is 364 g/mol. The van der Waals surface area contributed by atoms with E-state index in [1.165, 1.54) is 29.5 Å². The van der Waals surface area contributed by atoms with Crippen molar-refractivity contribution in [1.82, 2.24) is 14.8 Å². The lowest BCUT2D eigenvalue weighted by molar-refractivity contribution is 0.0998. The van der Waals surface area contributed by atoms with Gasteiger partial charge in [0.15, 0.2) is 11.6 Å². The Morgan fingerprint density at radius 3 is 2.59 bits per heavy atom. The van der Waals surface area contributed by atoms with Crippen LogP contribution < -0.4 is 5.32 Å². The third kappa shape index (κ3) is 2.87. The molecule has 0 aliphatic carbocycles. The summed E-state index contributed by atoms with van der Waals surface area (Å²) in [5, 5.41) is 7.53. The van der Waals surface area contributed by atoms with Gasteiger partial charge in [0.2, 0.25) is 0 Å². The molecule has 0 atom stereocenters. The van der Waals surface area contributed by atoms with Gasteiger partial charge in [-0.15, -0.1) is 0 Å². The van der Waals surface area contributed by atoms with Crippen LogP contribution in [0, 0.1) is 26.6 Å². The molecule has 136 valence electrons. The second-order valence-corrected chi connectivity index (χ2v) is 6.42. The van der Waals surface area contributed by atoms with Gasteiger partial charge in [-0.1, -0.05) is 12.1 Å². The summed E-state index contributed by atoms with van der Waals surface area (Å²) in [6, 6.07) is 8.33. The van der Waals surface area contributed by atoms with E-state index in [4.69, 9.17) is 4.42 Å². The van der Waals surface area contributed by atoms with Crippen LogP contribution in [0.5, 0.6) is 0 Å². The smallest absolute Gasteiger partial charge is 0.291 e. The van der Waals surface area contributed by atoms with Crippen LogP contribution in [0.2, 0.25) is 0 Å². The number of amides is 1. The lowest BCUT2D eigenvalue weighted by Crippen LogP contribution is -2.12. The Morgan fingerprint density at radius 1 is 1.15 bits per heavy atom. The summed E-state index contributed by atoms with van der Waals surface area (Å²) < 4.78 is 21.5. The minimum atomic E-state index is -0.522. The normalized spacial score (nSPS) is 11.1. The molecular weight excluding hydrogens is 347 g/mol. The van der Waals surface area contributed by atoms with Gasteiger partial charge in [-0.05, 0) is 50.1 Å². The van der Waals surface area contributed by atoms with E-state index >= 15 is 0 Å². The number of aromatic nitrogens is 3. The molecule has 2 aromatic heterocycles. The lowest BCUT2D eigenvalue weighted by atomic mass is 10.0. The summed E-state index contributed by atoms with van der Waals surface area (Å²) in [7, 11) is 0. The van der Waals surface area contributed by atoms with Crippen molar-refractivity contribution in [3.63, 3.8) is 0 Å². The summed E-state index contributed by atoms with van der Waals surface area (Å²) in [5.74, 6) is -0.718. The summed E-state index contributed by atoms with van der Waals surface area (Å²) >= 11 is 0. The Kier molecular flexibility index (Phi) is 3.99. The van der Waals surface area contributed by atoms with Crippen molar-refractivity contribution >= 4 is 22.6 Å². The van der Waals surface area contributed by atoms with E-state index in [1.54, 1.807) is 6.07 Å². The fraction of sp³-hybridized carbons (Fsp3) is 0.150. The summed E-state index contributed by atoms with van der Waals surface area (Å²) in [4.78, 5) is 16.5. The van der Waals surface area contributed by atoms with Crippen LogP contribution >= 0.6 is 0 Å². The Labute approximate surface area is 154 Å². The minimum absolute atomic E-state index is 0.225. The van der Waals surface area contributed by atoms with Gasteiger partial charge in [-0.2, -0.15) is 5.10 Å². The number of carbonyl (C=O) groups is 1. The average molecular weight is 364 g/mol. The molecule has 0 aliphatic rings. The Bertz CT molecular complexity index is 1160. The second kappa shape index (κ2) is 6.35. The third-order valence-corrected chi connectivity index (χ3v) is 4.56. The molecule has 27 heavy (non-hydrogen) atoms. The van der Waals surface area contributed by atoms with Crippen LogP contribution in [0.25, 0.3) is 16.7 Å². The van der Waals surface area contributed by atoms with Gasteiger partial charge < -0.3 is 9.73 Å². The zero-order valence-electron chi connectivity index (χ0n) is 15.1. The van der Waals surface area contributed by atoms with E-state index in [0.717, 1.165) is 22.1 Å². The number of nitrogens with one attached hydrogen (secondary N) is 1. The van der Waals surface area contributed by atoms with Crippen molar-refractivity contribution in [2.45, 2.75) is 20.8 Å². The van der Waals surface area contributed by atoms with Crippen LogP contribution in [-0.2, 0) is 0 Å². The number of aryl methyl sites for hydroxylation is 3. The van der Waals surface area contributed by atoms with E-state index in [1.807, 2.05) is 32.9 Å².